The number of aromatic nitrogens is 1. The molecule has 0 unspecified atom stereocenters. The Morgan fingerprint density at radius 3 is 2.40 bits per heavy atom. The fourth-order valence-electron chi connectivity index (χ4n) is 4.62. The number of anilines is 4. The second-order valence-electron chi connectivity index (χ2n) is 10.4. The average molecular weight is 548 g/mol. The third-order valence-electron chi connectivity index (χ3n) is 7.19. The van der Waals surface area contributed by atoms with E-state index in [1.165, 1.54) is 33.5 Å². The average Bonchev–Trinajstić information content (AvgIpc) is 3.76. The lowest BCUT2D eigenvalue weighted by Gasteiger charge is -2.28. The Kier molecular flexibility index (Phi) is 8.08. The van der Waals surface area contributed by atoms with Crippen LogP contribution in [-0.4, -0.2) is 59.8 Å². The molecule has 0 atom stereocenters. The van der Waals surface area contributed by atoms with Gasteiger partial charge in [-0.3, -0.25) is 28.6 Å². The van der Waals surface area contributed by atoms with Crippen LogP contribution >= 0.6 is 0 Å². The Hall–Kier alpha value is -4.47. The summed E-state index contributed by atoms with van der Waals surface area (Å²) in [4.78, 5) is 56.8. The van der Waals surface area contributed by atoms with Gasteiger partial charge in [0, 0.05) is 45.5 Å². The van der Waals surface area contributed by atoms with E-state index in [0.29, 0.717) is 23.2 Å². The standard InChI is InChI=1S/C30H34FN5O4/c1-18-10-13-24(23(31)14-18)32-28-26(30(40)34(5)21-11-12-21)27(19(2)29(39)35(28)6)36(17-37)22-9-7-8-20(15-22)16-25(38)33(3)4/h7-10,13-15,17,21,32H,11-12,16H2,1-6H3. The van der Waals surface area contributed by atoms with Crippen molar-refractivity contribution in [2.45, 2.75) is 39.2 Å². The van der Waals surface area contributed by atoms with Crippen LogP contribution in [0.15, 0.2) is 47.3 Å². The molecule has 1 heterocycles. The largest absolute Gasteiger partial charge is 0.349 e. The van der Waals surface area contributed by atoms with E-state index in [1.807, 2.05) is 0 Å². The first-order chi connectivity index (χ1) is 18.9. The summed E-state index contributed by atoms with van der Waals surface area (Å²) in [5.41, 5.74) is 1.72. The lowest BCUT2D eigenvalue weighted by molar-refractivity contribution is -0.127. The Balaban J connectivity index is 1.94. The Morgan fingerprint density at radius 2 is 1.80 bits per heavy atom. The number of likely N-dealkylation sites (N-methyl/N-ethyl adjacent to an activating group) is 1. The molecule has 210 valence electrons. The number of halogens is 1. The van der Waals surface area contributed by atoms with Crippen LogP contribution < -0.4 is 15.8 Å². The number of aryl methyl sites for hydroxylation is 1. The van der Waals surface area contributed by atoms with Gasteiger partial charge in [0.15, 0.2) is 0 Å². The number of nitrogens with zero attached hydrogens (tertiary/aromatic N) is 4. The number of pyridine rings is 1. The van der Waals surface area contributed by atoms with E-state index in [0.717, 1.165) is 12.8 Å². The first-order valence-electron chi connectivity index (χ1n) is 13.0. The number of carbonyl (C=O) groups is 3. The van der Waals surface area contributed by atoms with Gasteiger partial charge in [-0.1, -0.05) is 18.2 Å². The summed E-state index contributed by atoms with van der Waals surface area (Å²) >= 11 is 0. The molecule has 0 radical (unpaired) electrons. The minimum absolute atomic E-state index is 0.0342. The fourth-order valence-corrected chi connectivity index (χ4v) is 4.62. The van der Waals surface area contributed by atoms with Crippen molar-refractivity contribution < 1.29 is 18.8 Å². The summed E-state index contributed by atoms with van der Waals surface area (Å²) in [6.07, 6.45) is 2.34. The maximum atomic E-state index is 14.9. The molecule has 0 spiro atoms. The van der Waals surface area contributed by atoms with Crippen molar-refractivity contribution in [3.05, 3.63) is 80.9 Å². The Bertz CT molecular complexity index is 1540. The molecule has 1 aromatic heterocycles. The highest BCUT2D eigenvalue weighted by atomic mass is 19.1. The highest BCUT2D eigenvalue weighted by molar-refractivity contribution is 6.09. The smallest absolute Gasteiger partial charge is 0.259 e. The zero-order chi connectivity index (χ0) is 29.3. The van der Waals surface area contributed by atoms with Gasteiger partial charge in [0.05, 0.1) is 17.8 Å². The van der Waals surface area contributed by atoms with Crippen molar-refractivity contribution in [2.24, 2.45) is 7.05 Å². The fraction of sp³-hybridized carbons (Fsp3) is 0.333. The van der Waals surface area contributed by atoms with E-state index < -0.39 is 17.3 Å². The van der Waals surface area contributed by atoms with E-state index in [4.69, 9.17) is 0 Å². The number of amides is 3. The van der Waals surface area contributed by atoms with Gasteiger partial charge in [0.25, 0.3) is 11.5 Å². The quantitative estimate of drug-likeness (QED) is 0.408. The monoisotopic (exact) mass is 547 g/mol. The van der Waals surface area contributed by atoms with Gasteiger partial charge < -0.3 is 15.1 Å². The molecule has 3 aromatic rings. The molecule has 9 nitrogen and oxygen atoms in total. The van der Waals surface area contributed by atoms with E-state index >= 15 is 0 Å². The summed E-state index contributed by atoms with van der Waals surface area (Å²) in [7, 11) is 6.50. The van der Waals surface area contributed by atoms with Crippen molar-refractivity contribution in [3.63, 3.8) is 0 Å². The molecule has 0 aliphatic heterocycles. The molecule has 1 aliphatic carbocycles. The van der Waals surface area contributed by atoms with Crippen molar-refractivity contribution in [2.75, 3.05) is 31.4 Å². The van der Waals surface area contributed by atoms with Crippen molar-refractivity contribution in [1.82, 2.24) is 14.4 Å². The van der Waals surface area contributed by atoms with Gasteiger partial charge in [-0.25, -0.2) is 4.39 Å². The van der Waals surface area contributed by atoms with E-state index in [-0.39, 0.29) is 46.7 Å². The molecule has 1 aliphatic rings. The zero-order valence-electron chi connectivity index (χ0n) is 23.6. The molecule has 10 heteroatoms. The summed E-state index contributed by atoms with van der Waals surface area (Å²) in [6.45, 7) is 3.31. The summed E-state index contributed by atoms with van der Waals surface area (Å²) in [6, 6.07) is 11.5. The van der Waals surface area contributed by atoms with Gasteiger partial charge in [0.1, 0.15) is 17.2 Å². The minimum Gasteiger partial charge on any atom is -0.349 e. The molecule has 0 bridgehead atoms. The van der Waals surface area contributed by atoms with Crippen molar-refractivity contribution in [3.8, 4) is 0 Å². The molecule has 1 N–H and O–H groups in total. The van der Waals surface area contributed by atoms with E-state index in [2.05, 4.69) is 5.32 Å². The SMILES string of the molecule is Cc1ccc(Nc2c(C(=O)N(C)C3CC3)c(N(C=O)c3cccc(CC(=O)N(C)C)c3)c(C)c(=O)n2C)c(F)c1. The summed E-state index contributed by atoms with van der Waals surface area (Å²) < 4.78 is 16.2. The van der Waals surface area contributed by atoms with Crippen LogP contribution in [0.4, 0.5) is 27.3 Å². The molecule has 0 saturated heterocycles. The molecule has 1 saturated carbocycles. The van der Waals surface area contributed by atoms with Crippen LogP contribution in [0.25, 0.3) is 0 Å². The molecular weight excluding hydrogens is 513 g/mol. The summed E-state index contributed by atoms with van der Waals surface area (Å²) in [5.74, 6) is -1.00. The topological polar surface area (TPSA) is 95.0 Å². The van der Waals surface area contributed by atoms with Crippen molar-refractivity contribution >= 4 is 41.1 Å². The number of carbonyl (C=O) groups excluding carboxylic acids is 3. The number of rotatable bonds is 9. The third-order valence-corrected chi connectivity index (χ3v) is 7.19. The van der Waals surface area contributed by atoms with Gasteiger partial charge >= 0.3 is 0 Å². The maximum absolute atomic E-state index is 14.9. The van der Waals surface area contributed by atoms with Crippen LogP contribution in [0.5, 0.6) is 0 Å². The van der Waals surface area contributed by atoms with Gasteiger partial charge in [-0.05, 0) is 62.1 Å². The first-order valence-corrected chi connectivity index (χ1v) is 13.0. The van der Waals surface area contributed by atoms with Gasteiger partial charge in [-0.2, -0.15) is 0 Å². The Labute approximate surface area is 232 Å². The zero-order valence-corrected chi connectivity index (χ0v) is 23.6. The van der Waals surface area contributed by atoms with E-state index in [9.17, 15) is 23.6 Å². The lowest BCUT2D eigenvalue weighted by Crippen LogP contribution is -2.35. The first kappa shape index (κ1) is 28.5. The molecule has 2 aromatic carbocycles. The lowest BCUT2D eigenvalue weighted by atomic mass is 10.0. The van der Waals surface area contributed by atoms with E-state index in [1.54, 1.807) is 70.2 Å². The molecule has 1 fully saturated rings. The van der Waals surface area contributed by atoms with Crippen molar-refractivity contribution in [1.29, 1.82) is 0 Å². The van der Waals surface area contributed by atoms with Gasteiger partial charge in [-0.15, -0.1) is 0 Å². The predicted molar refractivity (Wildman–Crippen MR) is 153 cm³/mol. The number of nitrogens with one attached hydrogen (secondary N) is 1. The third kappa shape index (κ3) is 5.61. The van der Waals surface area contributed by atoms with Crippen LogP contribution in [-0.2, 0) is 23.1 Å². The maximum Gasteiger partial charge on any atom is 0.259 e. The predicted octanol–water partition coefficient (Wildman–Crippen LogP) is 4.04. The van der Waals surface area contributed by atoms with Gasteiger partial charge in [0.2, 0.25) is 12.3 Å². The number of benzene rings is 2. The van der Waals surface area contributed by atoms with Crippen LogP contribution in [0.1, 0.15) is 39.9 Å². The minimum atomic E-state index is -0.547. The van der Waals surface area contributed by atoms with Crippen LogP contribution in [0.3, 0.4) is 0 Å². The summed E-state index contributed by atoms with van der Waals surface area (Å²) in [5, 5.41) is 2.97. The molecular formula is C30H34FN5O4. The second-order valence-corrected chi connectivity index (χ2v) is 10.4. The van der Waals surface area contributed by atoms with Crippen LogP contribution in [0, 0.1) is 19.7 Å². The number of hydrogen-bond donors (Lipinski definition) is 1. The molecule has 4 rings (SSSR count). The molecule has 3 amide bonds. The number of hydrogen-bond acceptors (Lipinski definition) is 5. The molecule has 40 heavy (non-hydrogen) atoms. The second kappa shape index (κ2) is 11.3. The highest BCUT2D eigenvalue weighted by Crippen LogP contribution is 2.38. The normalized spacial score (nSPS) is 12.6. The van der Waals surface area contributed by atoms with Crippen LogP contribution in [0.2, 0.25) is 0 Å². The Morgan fingerprint density at radius 1 is 1.10 bits per heavy atom. The highest BCUT2D eigenvalue weighted by Gasteiger charge is 2.35.